The van der Waals surface area contributed by atoms with E-state index < -0.39 is 17.6 Å². The first-order valence-electron chi connectivity index (χ1n) is 4.75. The van der Waals surface area contributed by atoms with Gasteiger partial charge in [-0.2, -0.15) is 13.2 Å². The second-order valence-electron chi connectivity index (χ2n) is 3.84. The van der Waals surface area contributed by atoms with Gasteiger partial charge in [0.1, 0.15) is 5.82 Å². The van der Waals surface area contributed by atoms with Crippen LogP contribution in [0.2, 0.25) is 0 Å². The number of rotatable bonds is 2. The zero-order valence-electron chi connectivity index (χ0n) is 9.03. The highest BCUT2D eigenvalue weighted by molar-refractivity contribution is 5.32. The first kappa shape index (κ1) is 12.7. The third kappa shape index (κ3) is 2.84. The molecule has 88 valence electrons. The van der Waals surface area contributed by atoms with Crippen LogP contribution in [0.15, 0.2) is 30.4 Å². The predicted octanol–water partition coefficient (Wildman–Crippen LogP) is 4.52. The molecular formula is C12H12F4. The molecule has 1 rings (SSSR count). The van der Waals surface area contributed by atoms with E-state index >= 15 is 0 Å². The summed E-state index contributed by atoms with van der Waals surface area (Å²) in [4.78, 5) is 0. The molecule has 0 aliphatic carbocycles. The Labute approximate surface area is 91.6 Å². The number of hydrogen-bond acceptors (Lipinski definition) is 0. The Bertz CT molecular complexity index is 404. The van der Waals surface area contributed by atoms with Crippen LogP contribution in [0.4, 0.5) is 17.6 Å². The molecule has 0 aliphatic rings. The molecule has 16 heavy (non-hydrogen) atoms. The molecular weight excluding hydrogens is 220 g/mol. The third-order valence-electron chi connectivity index (χ3n) is 2.49. The van der Waals surface area contributed by atoms with Crippen molar-refractivity contribution in [3.8, 4) is 0 Å². The summed E-state index contributed by atoms with van der Waals surface area (Å²) in [5.41, 5.74) is 0.0224. The lowest BCUT2D eigenvalue weighted by Crippen LogP contribution is -2.07. The number of alkyl halides is 3. The molecule has 0 fully saturated rings. The minimum atomic E-state index is -4.52. The highest BCUT2D eigenvalue weighted by Gasteiger charge is 2.31. The summed E-state index contributed by atoms with van der Waals surface area (Å²) in [5.74, 6) is -1.17. The number of halogens is 4. The van der Waals surface area contributed by atoms with E-state index in [0.29, 0.717) is 17.2 Å². The maximum absolute atomic E-state index is 13.1. The SMILES string of the molecule is C=C(C)C(C)c1cc(F)cc(C(F)(F)F)c1. The molecule has 0 N–H and O–H groups in total. The summed E-state index contributed by atoms with van der Waals surface area (Å²) in [6, 6.07) is 2.56. The van der Waals surface area contributed by atoms with Crippen LogP contribution in [0.3, 0.4) is 0 Å². The molecule has 0 bridgehead atoms. The summed E-state index contributed by atoms with van der Waals surface area (Å²) in [5, 5.41) is 0. The summed E-state index contributed by atoms with van der Waals surface area (Å²) in [6.45, 7) is 7.04. The number of benzene rings is 1. The van der Waals surface area contributed by atoms with Crippen molar-refractivity contribution in [2.75, 3.05) is 0 Å². The van der Waals surface area contributed by atoms with E-state index in [4.69, 9.17) is 0 Å². The molecule has 0 saturated heterocycles. The Morgan fingerprint density at radius 1 is 1.25 bits per heavy atom. The lowest BCUT2D eigenvalue weighted by molar-refractivity contribution is -0.137. The molecule has 4 heteroatoms. The second kappa shape index (κ2) is 4.28. The van der Waals surface area contributed by atoms with Crippen LogP contribution in [0, 0.1) is 5.82 Å². The van der Waals surface area contributed by atoms with Crippen LogP contribution in [0.5, 0.6) is 0 Å². The minimum Gasteiger partial charge on any atom is -0.207 e. The van der Waals surface area contributed by atoms with Gasteiger partial charge in [0.15, 0.2) is 0 Å². The van der Waals surface area contributed by atoms with E-state index in [2.05, 4.69) is 6.58 Å². The fourth-order valence-corrected chi connectivity index (χ4v) is 1.31. The molecule has 0 radical (unpaired) electrons. The zero-order valence-corrected chi connectivity index (χ0v) is 9.03. The molecule has 0 spiro atoms. The Hall–Kier alpha value is -1.32. The highest BCUT2D eigenvalue weighted by atomic mass is 19.4. The van der Waals surface area contributed by atoms with Gasteiger partial charge in [-0.3, -0.25) is 0 Å². The van der Waals surface area contributed by atoms with Crippen LogP contribution in [0.1, 0.15) is 30.9 Å². The molecule has 0 aromatic heterocycles. The molecule has 0 heterocycles. The predicted molar refractivity (Wildman–Crippen MR) is 54.6 cm³/mol. The summed E-state index contributed by atoms with van der Waals surface area (Å²) >= 11 is 0. The van der Waals surface area contributed by atoms with Gasteiger partial charge in [-0.1, -0.05) is 19.1 Å². The van der Waals surface area contributed by atoms with E-state index in [0.717, 1.165) is 12.1 Å². The molecule has 1 unspecified atom stereocenters. The van der Waals surface area contributed by atoms with Crippen molar-refractivity contribution < 1.29 is 17.6 Å². The van der Waals surface area contributed by atoms with E-state index in [9.17, 15) is 17.6 Å². The Kier molecular flexibility index (Phi) is 3.41. The fourth-order valence-electron chi connectivity index (χ4n) is 1.31. The number of hydrogen-bond donors (Lipinski definition) is 0. The van der Waals surface area contributed by atoms with Crippen LogP contribution < -0.4 is 0 Å². The van der Waals surface area contributed by atoms with E-state index in [-0.39, 0.29) is 5.92 Å². The molecule has 0 nitrogen and oxygen atoms in total. The summed E-state index contributed by atoms with van der Waals surface area (Å²) in [6.07, 6.45) is -4.52. The Morgan fingerprint density at radius 2 is 1.81 bits per heavy atom. The monoisotopic (exact) mass is 232 g/mol. The van der Waals surface area contributed by atoms with Crippen molar-refractivity contribution in [1.29, 1.82) is 0 Å². The average Bonchev–Trinajstić information content (AvgIpc) is 2.14. The zero-order chi connectivity index (χ0) is 12.5. The topological polar surface area (TPSA) is 0 Å². The largest absolute Gasteiger partial charge is 0.416 e. The lowest BCUT2D eigenvalue weighted by Gasteiger charge is -2.14. The smallest absolute Gasteiger partial charge is 0.207 e. The molecule has 0 aliphatic heterocycles. The summed E-state index contributed by atoms with van der Waals surface area (Å²) < 4.78 is 50.3. The van der Waals surface area contributed by atoms with Gasteiger partial charge in [0.05, 0.1) is 5.56 Å². The van der Waals surface area contributed by atoms with Gasteiger partial charge in [-0.25, -0.2) is 4.39 Å². The molecule has 0 amide bonds. The van der Waals surface area contributed by atoms with Crippen LogP contribution in [-0.2, 0) is 6.18 Å². The highest BCUT2D eigenvalue weighted by Crippen LogP contribution is 2.33. The van der Waals surface area contributed by atoms with Crippen LogP contribution in [-0.4, -0.2) is 0 Å². The molecule has 1 aromatic rings. The van der Waals surface area contributed by atoms with Gasteiger partial charge in [-0.05, 0) is 30.7 Å². The summed E-state index contributed by atoms with van der Waals surface area (Å²) in [7, 11) is 0. The Balaban J connectivity index is 3.23. The first-order valence-corrected chi connectivity index (χ1v) is 4.75. The minimum absolute atomic E-state index is 0.292. The average molecular weight is 232 g/mol. The van der Waals surface area contributed by atoms with Crippen molar-refractivity contribution in [2.24, 2.45) is 0 Å². The van der Waals surface area contributed by atoms with Gasteiger partial charge >= 0.3 is 6.18 Å². The van der Waals surface area contributed by atoms with E-state index in [1.807, 2.05) is 0 Å². The van der Waals surface area contributed by atoms with Gasteiger partial charge in [0.25, 0.3) is 0 Å². The lowest BCUT2D eigenvalue weighted by atomic mass is 9.93. The maximum Gasteiger partial charge on any atom is 0.416 e. The van der Waals surface area contributed by atoms with E-state index in [1.54, 1.807) is 13.8 Å². The van der Waals surface area contributed by atoms with Crippen molar-refractivity contribution in [1.82, 2.24) is 0 Å². The fraction of sp³-hybridized carbons (Fsp3) is 0.333. The quantitative estimate of drug-likeness (QED) is 0.519. The van der Waals surface area contributed by atoms with Gasteiger partial charge in [0, 0.05) is 5.92 Å². The van der Waals surface area contributed by atoms with Gasteiger partial charge in [0.2, 0.25) is 0 Å². The van der Waals surface area contributed by atoms with Crippen molar-refractivity contribution >= 4 is 0 Å². The molecule has 1 aromatic carbocycles. The van der Waals surface area contributed by atoms with Gasteiger partial charge < -0.3 is 0 Å². The van der Waals surface area contributed by atoms with Crippen molar-refractivity contribution in [3.05, 3.63) is 47.3 Å². The van der Waals surface area contributed by atoms with Gasteiger partial charge in [-0.15, -0.1) is 0 Å². The van der Waals surface area contributed by atoms with E-state index in [1.165, 1.54) is 0 Å². The van der Waals surface area contributed by atoms with Crippen molar-refractivity contribution in [2.45, 2.75) is 25.9 Å². The van der Waals surface area contributed by atoms with Crippen molar-refractivity contribution in [3.63, 3.8) is 0 Å². The standard InChI is InChI=1S/C12H12F4/c1-7(2)8(3)9-4-10(12(14,15)16)6-11(13)5-9/h4-6,8H,1H2,2-3H3. The van der Waals surface area contributed by atoms with Crippen LogP contribution in [0.25, 0.3) is 0 Å². The maximum atomic E-state index is 13.1. The normalized spacial score (nSPS) is 13.6. The Morgan fingerprint density at radius 3 is 2.25 bits per heavy atom. The van der Waals surface area contributed by atoms with Crippen LogP contribution >= 0.6 is 0 Å². The molecule has 1 atom stereocenters. The molecule has 0 saturated carbocycles. The second-order valence-corrected chi connectivity index (χ2v) is 3.84. The number of allylic oxidation sites excluding steroid dienone is 1. The third-order valence-corrected chi connectivity index (χ3v) is 2.49. The first-order chi connectivity index (χ1) is 7.21.